The normalized spacial score (nSPS) is 15.2. The SMILES string of the molecule is COc1ccnc(N2CC(c3nnc4ccccn34)C2)n1. The molecule has 4 rings (SSSR count). The molecule has 1 fully saturated rings. The van der Waals surface area contributed by atoms with E-state index < -0.39 is 0 Å². The summed E-state index contributed by atoms with van der Waals surface area (Å²) in [5, 5.41) is 8.49. The fraction of sp³-hybridized carbons (Fsp3) is 0.286. The van der Waals surface area contributed by atoms with Gasteiger partial charge in [-0.15, -0.1) is 10.2 Å². The zero-order chi connectivity index (χ0) is 14.2. The molecule has 106 valence electrons. The van der Waals surface area contributed by atoms with Crippen LogP contribution in [0.4, 0.5) is 5.95 Å². The Balaban J connectivity index is 1.54. The molecule has 0 spiro atoms. The highest BCUT2D eigenvalue weighted by Gasteiger charge is 2.33. The maximum absolute atomic E-state index is 5.13. The summed E-state index contributed by atoms with van der Waals surface area (Å²) >= 11 is 0. The van der Waals surface area contributed by atoms with E-state index in [9.17, 15) is 0 Å². The van der Waals surface area contributed by atoms with E-state index in [4.69, 9.17) is 4.74 Å². The van der Waals surface area contributed by atoms with Gasteiger partial charge in [-0.2, -0.15) is 4.98 Å². The van der Waals surface area contributed by atoms with Gasteiger partial charge in [-0.05, 0) is 12.1 Å². The number of hydrogen-bond donors (Lipinski definition) is 0. The summed E-state index contributed by atoms with van der Waals surface area (Å²) in [6.45, 7) is 1.67. The molecule has 3 aromatic rings. The molecule has 3 aromatic heterocycles. The minimum absolute atomic E-state index is 0.345. The van der Waals surface area contributed by atoms with Crippen molar-refractivity contribution >= 4 is 11.6 Å². The van der Waals surface area contributed by atoms with Gasteiger partial charge in [-0.25, -0.2) is 4.98 Å². The minimum atomic E-state index is 0.345. The average Bonchev–Trinajstić information content (AvgIpc) is 2.90. The molecule has 0 aliphatic carbocycles. The molecular formula is C14H14N6O. The lowest BCUT2D eigenvalue weighted by Crippen LogP contribution is -2.46. The molecule has 0 N–H and O–H groups in total. The highest BCUT2D eigenvalue weighted by molar-refractivity contribution is 5.42. The van der Waals surface area contributed by atoms with E-state index >= 15 is 0 Å². The van der Waals surface area contributed by atoms with Crippen LogP contribution in [0, 0.1) is 0 Å². The molecule has 0 amide bonds. The summed E-state index contributed by atoms with van der Waals surface area (Å²) in [7, 11) is 1.60. The standard InChI is InChI=1S/C14H14N6O/c1-21-12-5-6-15-14(16-12)19-8-10(9-19)13-18-17-11-4-2-3-7-20(11)13/h2-7,10H,8-9H2,1H3. The maximum Gasteiger partial charge on any atom is 0.228 e. The summed E-state index contributed by atoms with van der Waals surface area (Å²) < 4.78 is 7.16. The van der Waals surface area contributed by atoms with Gasteiger partial charge in [0.2, 0.25) is 11.8 Å². The van der Waals surface area contributed by atoms with Crippen molar-refractivity contribution < 1.29 is 4.74 Å². The second-order valence-corrected chi connectivity index (χ2v) is 4.99. The molecule has 0 aromatic carbocycles. The van der Waals surface area contributed by atoms with Gasteiger partial charge in [0, 0.05) is 31.5 Å². The Hall–Kier alpha value is -2.70. The van der Waals surface area contributed by atoms with Crippen LogP contribution < -0.4 is 9.64 Å². The predicted molar refractivity (Wildman–Crippen MR) is 76.5 cm³/mol. The van der Waals surface area contributed by atoms with Crippen molar-refractivity contribution in [3.05, 3.63) is 42.5 Å². The summed E-state index contributed by atoms with van der Waals surface area (Å²) in [4.78, 5) is 10.7. The van der Waals surface area contributed by atoms with Crippen molar-refractivity contribution in [2.24, 2.45) is 0 Å². The van der Waals surface area contributed by atoms with E-state index in [0.717, 1.165) is 24.6 Å². The molecule has 1 aliphatic heterocycles. The zero-order valence-electron chi connectivity index (χ0n) is 11.5. The summed E-state index contributed by atoms with van der Waals surface area (Å²) in [6.07, 6.45) is 3.70. The lowest BCUT2D eigenvalue weighted by Gasteiger charge is -2.38. The van der Waals surface area contributed by atoms with Gasteiger partial charge in [-0.3, -0.25) is 4.40 Å². The number of nitrogens with zero attached hydrogens (tertiary/aromatic N) is 6. The van der Waals surface area contributed by atoms with E-state index in [-0.39, 0.29) is 0 Å². The third-order valence-corrected chi connectivity index (χ3v) is 3.70. The smallest absolute Gasteiger partial charge is 0.228 e. The Kier molecular flexibility index (Phi) is 2.70. The minimum Gasteiger partial charge on any atom is -0.481 e. The molecule has 7 heteroatoms. The van der Waals surface area contributed by atoms with Crippen LogP contribution in [-0.2, 0) is 0 Å². The molecule has 0 saturated carbocycles. The molecule has 4 heterocycles. The molecular weight excluding hydrogens is 268 g/mol. The quantitative estimate of drug-likeness (QED) is 0.717. The van der Waals surface area contributed by atoms with Gasteiger partial charge in [0.05, 0.1) is 13.0 Å². The maximum atomic E-state index is 5.13. The van der Waals surface area contributed by atoms with Crippen molar-refractivity contribution in [3.63, 3.8) is 0 Å². The largest absolute Gasteiger partial charge is 0.481 e. The van der Waals surface area contributed by atoms with E-state index in [1.54, 1.807) is 19.4 Å². The van der Waals surface area contributed by atoms with Gasteiger partial charge < -0.3 is 9.64 Å². The molecule has 0 bridgehead atoms. The summed E-state index contributed by atoms with van der Waals surface area (Å²) in [5.41, 5.74) is 0.878. The van der Waals surface area contributed by atoms with Crippen LogP contribution >= 0.6 is 0 Å². The Morgan fingerprint density at radius 3 is 2.95 bits per heavy atom. The van der Waals surface area contributed by atoms with Gasteiger partial charge in [0.15, 0.2) is 5.65 Å². The summed E-state index contributed by atoms with van der Waals surface area (Å²) in [6, 6.07) is 7.65. The molecule has 0 unspecified atom stereocenters. The van der Waals surface area contributed by atoms with Crippen LogP contribution in [0.3, 0.4) is 0 Å². The molecule has 21 heavy (non-hydrogen) atoms. The topological polar surface area (TPSA) is 68.4 Å². The number of hydrogen-bond acceptors (Lipinski definition) is 6. The third-order valence-electron chi connectivity index (χ3n) is 3.70. The molecule has 0 atom stereocenters. The predicted octanol–water partition coefficient (Wildman–Crippen LogP) is 1.13. The van der Waals surface area contributed by atoms with Crippen molar-refractivity contribution in [1.29, 1.82) is 0 Å². The number of anilines is 1. The van der Waals surface area contributed by atoms with Crippen LogP contribution in [-0.4, -0.2) is 44.8 Å². The van der Waals surface area contributed by atoms with Crippen LogP contribution in [0.1, 0.15) is 11.7 Å². The van der Waals surface area contributed by atoms with Gasteiger partial charge in [0.25, 0.3) is 0 Å². The fourth-order valence-corrected chi connectivity index (χ4v) is 2.54. The Labute approximate surface area is 121 Å². The molecule has 1 saturated heterocycles. The van der Waals surface area contributed by atoms with Gasteiger partial charge in [-0.1, -0.05) is 6.07 Å². The van der Waals surface area contributed by atoms with Crippen molar-refractivity contribution in [1.82, 2.24) is 24.6 Å². The molecule has 0 radical (unpaired) electrons. The van der Waals surface area contributed by atoms with E-state index in [1.807, 2.05) is 28.8 Å². The van der Waals surface area contributed by atoms with E-state index in [0.29, 0.717) is 17.7 Å². The zero-order valence-corrected chi connectivity index (χ0v) is 11.5. The number of aromatic nitrogens is 5. The summed E-state index contributed by atoms with van der Waals surface area (Å²) in [5.74, 6) is 2.61. The number of fused-ring (bicyclic) bond motifs is 1. The lowest BCUT2D eigenvalue weighted by atomic mass is 10.00. The van der Waals surface area contributed by atoms with Crippen LogP contribution in [0.5, 0.6) is 5.88 Å². The first-order chi connectivity index (χ1) is 10.3. The van der Waals surface area contributed by atoms with Gasteiger partial charge >= 0.3 is 0 Å². The average molecular weight is 282 g/mol. The number of rotatable bonds is 3. The molecule has 7 nitrogen and oxygen atoms in total. The number of pyridine rings is 1. The fourth-order valence-electron chi connectivity index (χ4n) is 2.54. The highest BCUT2D eigenvalue weighted by atomic mass is 16.5. The van der Waals surface area contributed by atoms with Crippen LogP contribution in [0.2, 0.25) is 0 Å². The second kappa shape index (κ2) is 4.69. The first-order valence-corrected chi connectivity index (χ1v) is 6.77. The van der Waals surface area contributed by atoms with Gasteiger partial charge in [0.1, 0.15) is 5.82 Å². The number of methoxy groups -OCH3 is 1. The first-order valence-electron chi connectivity index (χ1n) is 6.77. The second-order valence-electron chi connectivity index (χ2n) is 4.99. The Bertz CT molecular complexity index is 780. The Morgan fingerprint density at radius 1 is 1.19 bits per heavy atom. The number of ether oxygens (including phenoxy) is 1. The highest BCUT2D eigenvalue weighted by Crippen LogP contribution is 2.29. The van der Waals surface area contributed by atoms with Crippen molar-refractivity contribution in [2.45, 2.75) is 5.92 Å². The van der Waals surface area contributed by atoms with E-state index in [1.165, 1.54) is 0 Å². The van der Waals surface area contributed by atoms with Crippen molar-refractivity contribution in [2.75, 3.05) is 25.1 Å². The Morgan fingerprint density at radius 2 is 2.10 bits per heavy atom. The first kappa shape index (κ1) is 12.1. The van der Waals surface area contributed by atoms with E-state index in [2.05, 4.69) is 25.1 Å². The lowest BCUT2D eigenvalue weighted by molar-refractivity contribution is 0.394. The monoisotopic (exact) mass is 282 g/mol. The van der Waals surface area contributed by atoms with Crippen molar-refractivity contribution in [3.8, 4) is 5.88 Å². The molecule has 1 aliphatic rings. The van der Waals surface area contributed by atoms with Crippen LogP contribution in [0.25, 0.3) is 5.65 Å². The third kappa shape index (κ3) is 1.97. The van der Waals surface area contributed by atoms with Crippen LogP contribution in [0.15, 0.2) is 36.7 Å².